The molecule has 2 aliphatic rings. The summed E-state index contributed by atoms with van der Waals surface area (Å²) in [5, 5.41) is 19.1. The van der Waals surface area contributed by atoms with Crippen molar-refractivity contribution in [2.24, 2.45) is 0 Å². The van der Waals surface area contributed by atoms with E-state index in [0.717, 1.165) is 0 Å². The zero-order valence-electron chi connectivity index (χ0n) is 8.93. The van der Waals surface area contributed by atoms with Gasteiger partial charge in [-0.25, -0.2) is 0 Å². The van der Waals surface area contributed by atoms with Gasteiger partial charge in [0.25, 0.3) is 0 Å². The van der Waals surface area contributed by atoms with Gasteiger partial charge in [-0.3, -0.25) is 0 Å². The number of hydrogen-bond donors (Lipinski definition) is 2. The van der Waals surface area contributed by atoms with E-state index in [1.165, 1.54) is 6.08 Å². The molecule has 0 aliphatic carbocycles. The standard InChI is InChI=1S/C9H14O7Se/c1-2-3-13-9-6(11)8-7(5(4-10)14-9)15-17(12)16-8/h2,5-11H,1,3-4H2. The van der Waals surface area contributed by atoms with E-state index in [-0.39, 0.29) is 13.2 Å². The van der Waals surface area contributed by atoms with Crippen LogP contribution in [0.2, 0.25) is 0 Å². The van der Waals surface area contributed by atoms with Crippen LogP contribution in [0.15, 0.2) is 12.7 Å². The maximum atomic E-state index is 11.2. The van der Waals surface area contributed by atoms with Gasteiger partial charge in [0, 0.05) is 0 Å². The van der Waals surface area contributed by atoms with E-state index in [1.807, 2.05) is 0 Å². The van der Waals surface area contributed by atoms with Gasteiger partial charge in [0.15, 0.2) is 0 Å². The third kappa shape index (κ3) is 2.64. The Morgan fingerprint density at radius 1 is 1.41 bits per heavy atom. The molecule has 6 atom stereocenters. The molecule has 2 rings (SSSR count). The van der Waals surface area contributed by atoms with Crippen molar-refractivity contribution in [1.82, 2.24) is 0 Å². The molecular formula is C9H14O7Se. The first-order chi connectivity index (χ1) is 8.17. The molecule has 0 spiro atoms. The monoisotopic (exact) mass is 314 g/mol. The quantitative estimate of drug-likeness (QED) is 0.480. The van der Waals surface area contributed by atoms with Crippen molar-refractivity contribution < 1.29 is 31.2 Å². The Hall–Kier alpha value is -0.181. The van der Waals surface area contributed by atoms with E-state index in [0.29, 0.717) is 0 Å². The van der Waals surface area contributed by atoms with Crippen molar-refractivity contribution in [1.29, 1.82) is 0 Å². The summed E-state index contributed by atoms with van der Waals surface area (Å²) in [4.78, 5) is 0. The average Bonchev–Trinajstić information content (AvgIpc) is 2.71. The van der Waals surface area contributed by atoms with Gasteiger partial charge >= 0.3 is 102 Å². The Labute approximate surface area is 103 Å². The minimum absolute atomic E-state index is 0.190. The molecular weight excluding hydrogens is 299 g/mol. The van der Waals surface area contributed by atoms with E-state index >= 15 is 0 Å². The van der Waals surface area contributed by atoms with Crippen LogP contribution in [0, 0.1) is 0 Å². The van der Waals surface area contributed by atoms with Gasteiger partial charge in [-0.2, -0.15) is 0 Å². The Bertz CT molecular complexity index is 310. The molecule has 8 heteroatoms. The molecule has 7 nitrogen and oxygen atoms in total. The Morgan fingerprint density at radius 3 is 2.76 bits per heavy atom. The Morgan fingerprint density at radius 2 is 2.12 bits per heavy atom. The maximum absolute atomic E-state index is 11.2. The third-order valence-electron chi connectivity index (χ3n) is 2.55. The van der Waals surface area contributed by atoms with Crippen LogP contribution < -0.4 is 0 Å². The van der Waals surface area contributed by atoms with Gasteiger partial charge in [0.2, 0.25) is 0 Å². The number of fused-ring (bicyclic) bond motifs is 1. The summed E-state index contributed by atoms with van der Waals surface area (Å²) < 4.78 is 31.7. The van der Waals surface area contributed by atoms with Crippen LogP contribution in [0.25, 0.3) is 0 Å². The first kappa shape index (κ1) is 13.3. The number of aliphatic hydroxyl groups is 2. The van der Waals surface area contributed by atoms with Crippen molar-refractivity contribution in [3.8, 4) is 0 Å². The van der Waals surface area contributed by atoms with Crippen LogP contribution in [-0.2, 0) is 20.9 Å². The molecule has 2 N–H and O–H groups in total. The summed E-state index contributed by atoms with van der Waals surface area (Å²) >= 11 is -2.85. The molecule has 2 heterocycles. The van der Waals surface area contributed by atoms with E-state index < -0.39 is 45.2 Å². The topological polar surface area (TPSA) is 94.5 Å². The molecule has 98 valence electrons. The van der Waals surface area contributed by atoms with Gasteiger partial charge in [-0.05, 0) is 0 Å². The summed E-state index contributed by atoms with van der Waals surface area (Å²) in [6, 6.07) is 0. The molecule has 0 aromatic carbocycles. The predicted molar refractivity (Wildman–Crippen MR) is 54.1 cm³/mol. The van der Waals surface area contributed by atoms with E-state index in [9.17, 15) is 8.94 Å². The fraction of sp³-hybridized carbons (Fsp3) is 0.778. The summed E-state index contributed by atoms with van der Waals surface area (Å²) in [7, 11) is 0. The normalized spacial score (nSPS) is 45.5. The number of hydrogen-bond acceptors (Lipinski definition) is 7. The fourth-order valence-corrected chi connectivity index (χ4v) is 3.59. The number of aliphatic hydroxyl groups excluding tert-OH is 2. The van der Waals surface area contributed by atoms with Crippen LogP contribution in [0.5, 0.6) is 0 Å². The molecule has 0 radical (unpaired) electrons. The van der Waals surface area contributed by atoms with Gasteiger partial charge in [-0.1, -0.05) is 0 Å². The molecule has 6 unspecified atom stereocenters. The fourth-order valence-electron chi connectivity index (χ4n) is 1.77. The van der Waals surface area contributed by atoms with Crippen LogP contribution in [0.3, 0.4) is 0 Å². The van der Waals surface area contributed by atoms with Gasteiger partial charge in [0.1, 0.15) is 0 Å². The average molecular weight is 313 g/mol. The van der Waals surface area contributed by atoms with Crippen molar-refractivity contribution in [2.45, 2.75) is 30.7 Å². The number of rotatable bonds is 4. The molecule has 17 heavy (non-hydrogen) atoms. The molecule has 0 aromatic rings. The van der Waals surface area contributed by atoms with Crippen LogP contribution >= 0.6 is 0 Å². The van der Waals surface area contributed by atoms with Crippen molar-refractivity contribution in [3.05, 3.63) is 12.7 Å². The Balaban J connectivity index is 2.08. The van der Waals surface area contributed by atoms with Crippen LogP contribution in [0.4, 0.5) is 0 Å². The predicted octanol–water partition coefficient (Wildman–Crippen LogP) is -1.53. The molecule has 0 saturated carbocycles. The van der Waals surface area contributed by atoms with Crippen molar-refractivity contribution in [2.75, 3.05) is 13.2 Å². The van der Waals surface area contributed by atoms with Gasteiger partial charge in [0.05, 0.1) is 0 Å². The SMILES string of the molecule is C=CCOC1OC(CO)C2O[Se](=O)OC2C1O. The first-order valence-corrected chi connectivity index (χ1v) is 7.20. The van der Waals surface area contributed by atoms with E-state index in [4.69, 9.17) is 22.2 Å². The molecule has 0 bridgehead atoms. The summed E-state index contributed by atoms with van der Waals surface area (Å²) in [5.41, 5.74) is 0. The van der Waals surface area contributed by atoms with Gasteiger partial charge < -0.3 is 0 Å². The second kappa shape index (κ2) is 5.64. The zero-order valence-corrected chi connectivity index (χ0v) is 10.6. The van der Waals surface area contributed by atoms with E-state index in [2.05, 4.69) is 6.58 Å². The van der Waals surface area contributed by atoms with Crippen molar-refractivity contribution in [3.63, 3.8) is 0 Å². The Kier molecular flexibility index (Phi) is 4.40. The zero-order chi connectivity index (χ0) is 12.4. The summed E-state index contributed by atoms with van der Waals surface area (Å²) in [6.45, 7) is 3.34. The molecule has 2 fully saturated rings. The first-order valence-electron chi connectivity index (χ1n) is 5.10. The molecule has 2 aliphatic heterocycles. The van der Waals surface area contributed by atoms with E-state index in [1.54, 1.807) is 0 Å². The minimum atomic E-state index is -2.85. The second-order valence-electron chi connectivity index (χ2n) is 3.66. The summed E-state index contributed by atoms with van der Waals surface area (Å²) in [6.07, 6.45) is -2.79. The molecule has 0 amide bonds. The molecule has 2 saturated heterocycles. The molecule has 0 aromatic heterocycles. The second-order valence-corrected chi connectivity index (χ2v) is 5.33. The number of ether oxygens (including phenoxy) is 2. The van der Waals surface area contributed by atoms with Crippen LogP contribution in [0.1, 0.15) is 0 Å². The van der Waals surface area contributed by atoms with Gasteiger partial charge in [-0.15, -0.1) is 0 Å². The summed E-state index contributed by atoms with van der Waals surface area (Å²) in [5.74, 6) is 0. The third-order valence-corrected chi connectivity index (χ3v) is 4.14. The van der Waals surface area contributed by atoms with Crippen molar-refractivity contribution >= 4 is 14.5 Å². The van der Waals surface area contributed by atoms with Crippen LogP contribution in [-0.4, -0.2) is 68.6 Å².